The monoisotopic (exact) mass is 335 g/mol. The number of nitrogens with two attached hydrogens (primary N) is 1. The standard InChI is InChI=1S/C9H10IN3OS/c1-14-8-4-2-3-7(10)6(8)5-12-13-9(11)15/h2-5H,1H3,(H3,11,13,15). The molecule has 0 spiro atoms. The Labute approximate surface area is 107 Å². The van der Waals surface area contributed by atoms with Crippen molar-refractivity contribution in [3.8, 4) is 5.75 Å². The predicted octanol–water partition coefficient (Wildman–Crippen LogP) is 1.47. The number of nitrogens with one attached hydrogen (secondary N) is 1. The summed E-state index contributed by atoms with van der Waals surface area (Å²) < 4.78 is 6.24. The second-order valence-electron chi connectivity index (χ2n) is 2.59. The van der Waals surface area contributed by atoms with Crippen LogP contribution in [-0.2, 0) is 0 Å². The number of halogens is 1. The van der Waals surface area contributed by atoms with Crippen LogP contribution in [0, 0.1) is 3.57 Å². The first kappa shape index (κ1) is 12.2. The van der Waals surface area contributed by atoms with Gasteiger partial charge in [0.25, 0.3) is 0 Å². The van der Waals surface area contributed by atoms with Crippen molar-refractivity contribution in [3.05, 3.63) is 27.3 Å². The lowest BCUT2D eigenvalue weighted by Crippen LogP contribution is -2.24. The molecule has 0 aromatic heterocycles. The zero-order valence-corrected chi connectivity index (χ0v) is 11.0. The van der Waals surface area contributed by atoms with E-state index in [1.54, 1.807) is 13.3 Å². The van der Waals surface area contributed by atoms with Crippen molar-refractivity contribution in [1.29, 1.82) is 0 Å². The van der Waals surface area contributed by atoms with Crippen LogP contribution in [0.2, 0.25) is 0 Å². The summed E-state index contributed by atoms with van der Waals surface area (Å²) in [6.45, 7) is 0. The van der Waals surface area contributed by atoms with Crippen LogP contribution in [-0.4, -0.2) is 18.4 Å². The number of hydrogen-bond acceptors (Lipinski definition) is 3. The molecule has 0 saturated carbocycles. The summed E-state index contributed by atoms with van der Waals surface area (Å²) in [6, 6.07) is 5.74. The Balaban J connectivity index is 2.92. The van der Waals surface area contributed by atoms with Gasteiger partial charge in [0.15, 0.2) is 5.11 Å². The molecule has 80 valence electrons. The zero-order valence-electron chi connectivity index (χ0n) is 8.03. The van der Waals surface area contributed by atoms with Gasteiger partial charge in [-0.15, -0.1) is 0 Å². The summed E-state index contributed by atoms with van der Waals surface area (Å²) in [6.07, 6.45) is 1.62. The lowest BCUT2D eigenvalue weighted by molar-refractivity contribution is 0.414. The molecule has 0 saturated heterocycles. The summed E-state index contributed by atoms with van der Waals surface area (Å²) in [7, 11) is 1.61. The normalized spacial score (nSPS) is 10.3. The molecular formula is C9H10IN3OS. The Morgan fingerprint density at radius 3 is 3.00 bits per heavy atom. The maximum atomic E-state index is 5.24. The highest BCUT2D eigenvalue weighted by Gasteiger charge is 2.03. The third-order valence-corrected chi connectivity index (χ3v) is 2.63. The Kier molecular flexibility index (Phi) is 4.76. The molecule has 1 aromatic rings. The second-order valence-corrected chi connectivity index (χ2v) is 4.19. The van der Waals surface area contributed by atoms with E-state index in [1.165, 1.54) is 0 Å². The van der Waals surface area contributed by atoms with Crippen molar-refractivity contribution in [2.75, 3.05) is 7.11 Å². The number of ether oxygens (including phenoxy) is 1. The summed E-state index contributed by atoms with van der Waals surface area (Å²) >= 11 is 6.83. The van der Waals surface area contributed by atoms with Crippen molar-refractivity contribution in [3.63, 3.8) is 0 Å². The van der Waals surface area contributed by atoms with E-state index in [4.69, 9.17) is 10.5 Å². The Morgan fingerprint density at radius 1 is 1.67 bits per heavy atom. The summed E-state index contributed by atoms with van der Waals surface area (Å²) in [5.74, 6) is 0.760. The van der Waals surface area contributed by atoms with Crippen LogP contribution in [0.25, 0.3) is 0 Å². The van der Waals surface area contributed by atoms with Crippen molar-refractivity contribution < 1.29 is 4.74 Å². The first-order valence-electron chi connectivity index (χ1n) is 4.06. The third-order valence-electron chi connectivity index (χ3n) is 1.60. The smallest absolute Gasteiger partial charge is 0.184 e. The first-order chi connectivity index (χ1) is 7.15. The fourth-order valence-corrected chi connectivity index (χ4v) is 1.65. The van der Waals surface area contributed by atoms with E-state index in [9.17, 15) is 0 Å². The summed E-state index contributed by atoms with van der Waals surface area (Å²) in [4.78, 5) is 0. The molecule has 1 rings (SSSR count). The van der Waals surface area contributed by atoms with Crippen molar-refractivity contribution >= 4 is 46.1 Å². The predicted molar refractivity (Wildman–Crippen MR) is 73.2 cm³/mol. The Morgan fingerprint density at radius 2 is 2.40 bits per heavy atom. The van der Waals surface area contributed by atoms with Crippen LogP contribution < -0.4 is 15.9 Å². The fourth-order valence-electron chi connectivity index (χ4n) is 0.981. The number of hydrogen-bond donors (Lipinski definition) is 2. The van der Waals surface area contributed by atoms with Crippen LogP contribution in [0.5, 0.6) is 5.75 Å². The minimum atomic E-state index is 0.135. The average Bonchev–Trinajstić information content (AvgIpc) is 2.20. The van der Waals surface area contributed by atoms with Gasteiger partial charge in [-0.1, -0.05) is 6.07 Å². The molecule has 0 radical (unpaired) electrons. The number of thiocarbonyl (C=S) groups is 1. The molecule has 0 heterocycles. The largest absolute Gasteiger partial charge is 0.496 e. The molecule has 0 bridgehead atoms. The van der Waals surface area contributed by atoms with Gasteiger partial charge >= 0.3 is 0 Å². The molecule has 0 amide bonds. The lowest BCUT2D eigenvalue weighted by Gasteiger charge is -2.05. The molecule has 1 aromatic carbocycles. The van der Waals surface area contributed by atoms with Crippen LogP contribution in [0.15, 0.2) is 23.3 Å². The number of rotatable bonds is 3. The van der Waals surface area contributed by atoms with E-state index in [0.717, 1.165) is 14.9 Å². The molecule has 0 unspecified atom stereocenters. The van der Waals surface area contributed by atoms with Crippen LogP contribution >= 0.6 is 34.8 Å². The molecule has 0 atom stereocenters. The van der Waals surface area contributed by atoms with Gasteiger partial charge in [-0.25, -0.2) is 0 Å². The van der Waals surface area contributed by atoms with Crippen LogP contribution in [0.3, 0.4) is 0 Å². The fraction of sp³-hybridized carbons (Fsp3) is 0.111. The van der Waals surface area contributed by atoms with Gasteiger partial charge in [0.05, 0.1) is 13.3 Å². The number of methoxy groups -OCH3 is 1. The molecule has 4 nitrogen and oxygen atoms in total. The van der Waals surface area contributed by atoms with Gasteiger partial charge in [-0.2, -0.15) is 5.10 Å². The first-order valence-corrected chi connectivity index (χ1v) is 5.55. The molecule has 6 heteroatoms. The summed E-state index contributed by atoms with van der Waals surface area (Å²) in [5, 5.41) is 4.02. The van der Waals surface area contributed by atoms with Gasteiger partial charge < -0.3 is 10.5 Å². The molecule has 15 heavy (non-hydrogen) atoms. The van der Waals surface area contributed by atoms with Crippen molar-refractivity contribution in [1.82, 2.24) is 5.43 Å². The van der Waals surface area contributed by atoms with Crippen molar-refractivity contribution in [2.24, 2.45) is 10.8 Å². The van der Waals surface area contributed by atoms with Gasteiger partial charge in [0.1, 0.15) is 5.75 Å². The molecule has 0 aliphatic rings. The minimum Gasteiger partial charge on any atom is -0.496 e. The third kappa shape index (κ3) is 3.63. The Hall–Kier alpha value is -0.890. The highest BCUT2D eigenvalue weighted by Crippen LogP contribution is 2.21. The Bertz CT molecular complexity index is 395. The van der Waals surface area contributed by atoms with E-state index < -0.39 is 0 Å². The van der Waals surface area contributed by atoms with E-state index in [-0.39, 0.29) is 5.11 Å². The number of hydrazone groups is 1. The van der Waals surface area contributed by atoms with Crippen LogP contribution in [0.4, 0.5) is 0 Å². The lowest BCUT2D eigenvalue weighted by atomic mass is 10.2. The second kappa shape index (κ2) is 5.86. The highest BCUT2D eigenvalue weighted by atomic mass is 127. The molecule has 0 aliphatic carbocycles. The van der Waals surface area contributed by atoms with Crippen molar-refractivity contribution in [2.45, 2.75) is 0 Å². The average molecular weight is 335 g/mol. The van der Waals surface area contributed by atoms with E-state index in [0.29, 0.717) is 0 Å². The maximum Gasteiger partial charge on any atom is 0.184 e. The molecular weight excluding hydrogens is 325 g/mol. The quantitative estimate of drug-likeness (QED) is 0.380. The zero-order chi connectivity index (χ0) is 11.3. The highest BCUT2D eigenvalue weighted by molar-refractivity contribution is 14.1. The van der Waals surface area contributed by atoms with Crippen LogP contribution in [0.1, 0.15) is 5.56 Å². The van der Waals surface area contributed by atoms with Gasteiger partial charge in [0.2, 0.25) is 0 Å². The SMILES string of the molecule is COc1cccc(I)c1C=NNC(N)=S. The topological polar surface area (TPSA) is 59.6 Å². The van der Waals surface area contributed by atoms with Gasteiger partial charge in [-0.05, 0) is 46.9 Å². The van der Waals surface area contributed by atoms with E-state index in [1.807, 2.05) is 18.2 Å². The number of nitrogens with zero attached hydrogens (tertiary/aromatic N) is 1. The van der Waals surface area contributed by atoms with E-state index in [2.05, 4.69) is 45.3 Å². The molecule has 3 N–H and O–H groups in total. The minimum absolute atomic E-state index is 0.135. The molecule has 0 fully saturated rings. The van der Waals surface area contributed by atoms with Gasteiger partial charge in [0, 0.05) is 9.13 Å². The molecule has 0 aliphatic heterocycles. The van der Waals surface area contributed by atoms with Gasteiger partial charge in [-0.3, -0.25) is 5.43 Å². The maximum absolute atomic E-state index is 5.24. The summed E-state index contributed by atoms with van der Waals surface area (Å²) in [5.41, 5.74) is 8.62. The number of benzene rings is 1. The van der Waals surface area contributed by atoms with E-state index >= 15 is 0 Å².